The molecule has 2 aromatic rings. The summed E-state index contributed by atoms with van der Waals surface area (Å²) in [4.78, 5) is 0. The number of nitrogens with zero attached hydrogens (tertiary/aromatic N) is 1. The summed E-state index contributed by atoms with van der Waals surface area (Å²) in [6.07, 6.45) is 2.04. The van der Waals surface area contributed by atoms with E-state index in [1.165, 1.54) is 10.6 Å². The quantitative estimate of drug-likeness (QED) is 0.850. The van der Waals surface area contributed by atoms with Crippen LogP contribution in [0.1, 0.15) is 31.6 Å². The standard InChI is InChI=1S/C16H21NO4S/c1-3-13(2)22(19,20)17(12-15-8-6-10-21-15)11-14-7-4-5-9-16(14)18/h4-10,13,18H,3,11-12H2,1-2H3/t13-/m0/s1. The lowest BCUT2D eigenvalue weighted by Crippen LogP contribution is -2.36. The summed E-state index contributed by atoms with van der Waals surface area (Å²) < 4.78 is 32.0. The molecule has 1 heterocycles. The van der Waals surface area contributed by atoms with Crippen LogP contribution in [0.4, 0.5) is 0 Å². The van der Waals surface area contributed by atoms with E-state index in [9.17, 15) is 13.5 Å². The third kappa shape index (κ3) is 3.69. The van der Waals surface area contributed by atoms with Crippen LogP contribution < -0.4 is 0 Å². The first-order valence-electron chi connectivity index (χ1n) is 7.23. The van der Waals surface area contributed by atoms with E-state index in [2.05, 4.69) is 0 Å². The molecule has 0 aliphatic carbocycles. The van der Waals surface area contributed by atoms with Crippen LogP contribution in [0.15, 0.2) is 47.1 Å². The van der Waals surface area contributed by atoms with Gasteiger partial charge in [0.25, 0.3) is 0 Å². The molecule has 0 amide bonds. The summed E-state index contributed by atoms with van der Waals surface area (Å²) in [7, 11) is -3.48. The van der Waals surface area contributed by atoms with Crippen LogP contribution in [0.25, 0.3) is 0 Å². The van der Waals surface area contributed by atoms with Crippen molar-refractivity contribution in [3.8, 4) is 5.75 Å². The van der Waals surface area contributed by atoms with E-state index in [0.717, 1.165) is 0 Å². The predicted molar refractivity (Wildman–Crippen MR) is 84.7 cm³/mol. The van der Waals surface area contributed by atoms with Gasteiger partial charge < -0.3 is 9.52 Å². The van der Waals surface area contributed by atoms with Crippen LogP contribution in [0.5, 0.6) is 5.75 Å². The number of rotatable bonds is 7. The fourth-order valence-electron chi connectivity index (χ4n) is 2.11. The van der Waals surface area contributed by atoms with Gasteiger partial charge in [-0.15, -0.1) is 0 Å². The third-order valence-electron chi connectivity index (χ3n) is 3.69. The van der Waals surface area contributed by atoms with Gasteiger partial charge in [-0.1, -0.05) is 25.1 Å². The number of para-hydroxylation sites is 1. The van der Waals surface area contributed by atoms with Crippen molar-refractivity contribution >= 4 is 10.0 Å². The summed E-state index contributed by atoms with van der Waals surface area (Å²) in [6, 6.07) is 10.2. The molecule has 0 aliphatic rings. The molecule has 0 fully saturated rings. The monoisotopic (exact) mass is 323 g/mol. The van der Waals surface area contributed by atoms with Crippen LogP contribution >= 0.6 is 0 Å². The summed E-state index contributed by atoms with van der Waals surface area (Å²) in [5.41, 5.74) is 0.570. The molecule has 6 heteroatoms. The van der Waals surface area contributed by atoms with Crippen LogP contribution in [0.3, 0.4) is 0 Å². The van der Waals surface area contributed by atoms with Gasteiger partial charge in [-0.2, -0.15) is 4.31 Å². The van der Waals surface area contributed by atoms with Gasteiger partial charge in [0, 0.05) is 12.1 Å². The van der Waals surface area contributed by atoms with Crippen molar-refractivity contribution in [2.75, 3.05) is 0 Å². The summed E-state index contributed by atoms with van der Waals surface area (Å²) in [5.74, 6) is 0.661. The number of phenolic OH excluding ortho intramolecular Hbond substituents is 1. The maximum absolute atomic E-state index is 12.7. The molecular formula is C16H21NO4S. The molecule has 1 N–H and O–H groups in total. The van der Waals surface area contributed by atoms with E-state index < -0.39 is 15.3 Å². The van der Waals surface area contributed by atoms with E-state index in [1.807, 2.05) is 6.92 Å². The van der Waals surface area contributed by atoms with Gasteiger partial charge in [0.2, 0.25) is 10.0 Å². The van der Waals surface area contributed by atoms with Crippen molar-refractivity contribution in [3.05, 3.63) is 54.0 Å². The molecule has 5 nitrogen and oxygen atoms in total. The highest BCUT2D eigenvalue weighted by molar-refractivity contribution is 7.89. The Balaban J connectivity index is 2.31. The van der Waals surface area contributed by atoms with E-state index in [4.69, 9.17) is 4.42 Å². The molecule has 22 heavy (non-hydrogen) atoms. The molecule has 2 rings (SSSR count). The minimum atomic E-state index is -3.48. The molecule has 1 aromatic heterocycles. The van der Waals surface area contributed by atoms with Crippen molar-refractivity contribution in [2.24, 2.45) is 0 Å². The molecule has 0 spiro atoms. The van der Waals surface area contributed by atoms with E-state index in [0.29, 0.717) is 17.7 Å². The topological polar surface area (TPSA) is 70.8 Å². The minimum Gasteiger partial charge on any atom is -0.508 e. The summed E-state index contributed by atoms with van der Waals surface area (Å²) in [6.45, 7) is 3.79. The van der Waals surface area contributed by atoms with E-state index >= 15 is 0 Å². The van der Waals surface area contributed by atoms with Crippen molar-refractivity contribution in [3.63, 3.8) is 0 Å². The van der Waals surface area contributed by atoms with Gasteiger partial charge in [-0.3, -0.25) is 0 Å². The van der Waals surface area contributed by atoms with Crippen LogP contribution in [0, 0.1) is 0 Å². The van der Waals surface area contributed by atoms with Crippen molar-refractivity contribution < 1.29 is 17.9 Å². The molecule has 0 unspecified atom stereocenters. The number of hydrogen-bond acceptors (Lipinski definition) is 4. The number of phenols is 1. The second-order valence-electron chi connectivity index (χ2n) is 5.24. The Hall–Kier alpha value is -1.79. The average Bonchev–Trinajstić information content (AvgIpc) is 3.00. The molecule has 0 aliphatic heterocycles. The highest BCUT2D eigenvalue weighted by atomic mass is 32.2. The largest absolute Gasteiger partial charge is 0.508 e. The zero-order chi connectivity index (χ0) is 16.2. The van der Waals surface area contributed by atoms with Crippen molar-refractivity contribution in [2.45, 2.75) is 38.6 Å². The fourth-order valence-corrected chi connectivity index (χ4v) is 3.67. The van der Waals surface area contributed by atoms with Gasteiger partial charge in [-0.25, -0.2) is 8.42 Å². The van der Waals surface area contributed by atoms with Crippen molar-refractivity contribution in [1.82, 2.24) is 4.31 Å². The fraction of sp³-hybridized carbons (Fsp3) is 0.375. The maximum Gasteiger partial charge on any atom is 0.217 e. The molecule has 1 aromatic carbocycles. The predicted octanol–water partition coefficient (Wildman–Crippen LogP) is 3.12. The first-order valence-corrected chi connectivity index (χ1v) is 8.73. The Kier molecular flexibility index (Phi) is 5.26. The lowest BCUT2D eigenvalue weighted by atomic mass is 10.2. The zero-order valence-electron chi connectivity index (χ0n) is 12.8. The normalized spacial score (nSPS) is 13.4. The Morgan fingerprint density at radius 3 is 2.50 bits per heavy atom. The Labute approximate surface area is 131 Å². The number of hydrogen-bond donors (Lipinski definition) is 1. The number of sulfonamides is 1. The van der Waals surface area contributed by atoms with Crippen LogP contribution in [0.2, 0.25) is 0 Å². The van der Waals surface area contributed by atoms with Crippen LogP contribution in [-0.4, -0.2) is 23.1 Å². The average molecular weight is 323 g/mol. The molecule has 0 saturated carbocycles. The Morgan fingerprint density at radius 1 is 1.18 bits per heavy atom. The SMILES string of the molecule is CC[C@H](C)S(=O)(=O)N(Cc1ccco1)Cc1ccccc1O. The Bertz CT molecular complexity index is 695. The maximum atomic E-state index is 12.7. The number of furan rings is 1. The molecule has 0 bridgehead atoms. The molecular weight excluding hydrogens is 302 g/mol. The van der Waals surface area contributed by atoms with Gasteiger partial charge in [0.05, 0.1) is 18.1 Å². The van der Waals surface area contributed by atoms with Gasteiger partial charge in [0.1, 0.15) is 11.5 Å². The van der Waals surface area contributed by atoms with Crippen molar-refractivity contribution in [1.29, 1.82) is 0 Å². The number of benzene rings is 1. The first kappa shape index (κ1) is 16.6. The van der Waals surface area contributed by atoms with Gasteiger partial charge in [-0.05, 0) is 31.5 Å². The second kappa shape index (κ2) is 6.98. The molecule has 120 valence electrons. The molecule has 1 atom stereocenters. The van der Waals surface area contributed by atoms with Gasteiger partial charge >= 0.3 is 0 Å². The van der Waals surface area contributed by atoms with Gasteiger partial charge in [0.15, 0.2) is 0 Å². The first-order chi connectivity index (χ1) is 10.4. The zero-order valence-corrected chi connectivity index (χ0v) is 13.6. The molecule has 0 saturated heterocycles. The van der Waals surface area contributed by atoms with E-state index in [-0.39, 0.29) is 18.8 Å². The lowest BCUT2D eigenvalue weighted by Gasteiger charge is -2.25. The molecule has 0 radical (unpaired) electrons. The second-order valence-corrected chi connectivity index (χ2v) is 7.59. The minimum absolute atomic E-state index is 0.0892. The highest BCUT2D eigenvalue weighted by Gasteiger charge is 2.29. The summed E-state index contributed by atoms with van der Waals surface area (Å²) in [5, 5.41) is 9.41. The Morgan fingerprint density at radius 2 is 1.91 bits per heavy atom. The highest BCUT2D eigenvalue weighted by Crippen LogP contribution is 2.23. The van der Waals surface area contributed by atoms with Crippen LogP contribution in [-0.2, 0) is 23.1 Å². The third-order valence-corrected chi connectivity index (χ3v) is 6.02. The number of aromatic hydroxyl groups is 1. The smallest absolute Gasteiger partial charge is 0.217 e. The summed E-state index contributed by atoms with van der Waals surface area (Å²) >= 11 is 0. The lowest BCUT2D eigenvalue weighted by molar-refractivity contribution is 0.348. The van der Waals surface area contributed by atoms with E-state index in [1.54, 1.807) is 43.3 Å².